The summed E-state index contributed by atoms with van der Waals surface area (Å²) >= 11 is 14.0. The molecule has 1 aromatic heterocycles. The van der Waals surface area contributed by atoms with E-state index in [0.29, 0.717) is 39.1 Å². The van der Waals surface area contributed by atoms with Gasteiger partial charge in [0.1, 0.15) is 23.4 Å². The molecule has 4 rings (SSSR count). The average Bonchev–Trinajstić information content (AvgIpc) is 3.48. The zero-order chi connectivity index (χ0) is 37.9. The highest BCUT2D eigenvalue weighted by molar-refractivity contribution is 7.98. The molecule has 1 heterocycles. The maximum atomic E-state index is 15.9. The lowest BCUT2D eigenvalue weighted by atomic mass is 9.81. The molecule has 1 N–H and O–H groups in total. The van der Waals surface area contributed by atoms with E-state index in [2.05, 4.69) is 4.98 Å². The number of carboxylic acids is 1. The van der Waals surface area contributed by atoms with Gasteiger partial charge in [0.25, 0.3) is 0 Å². The predicted molar refractivity (Wildman–Crippen MR) is 198 cm³/mol. The molecule has 0 amide bonds. The van der Waals surface area contributed by atoms with Crippen molar-refractivity contribution in [3.05, 3.63) is 99.3 Å². The van der Waals surface area contributed by atoms with Gasteiger partial charge in [-0.05, 0) is 60.5 Å². The second-order valence-electron chi connectivity index (χ2n) is 13.6. The Balaban J connectivity index is 1.71. The predicted octanol–water partition coefficient (Wildman–Crippen LogP) is 8.03. The summed E-state index contributed by atoms with van der Waals surface area (Å²) < 4.78 is 66.3. The molecule has 4 aromatic rings. The number of imidazole rings is 1. The second kappa shape index (κ2) is 16.2. The Hall–Kier alpha value is -3.20. The Morgan fingerprint density at radius 3 is 2.31 bits per heavy atom. The number of methoxy groups -OCH3 is 1. The number of halogens is 4. The molecule has 0 fully saturated rings. The van der Waals surface area contributed by atoms with Crippen molar-refractivity contribution in [1.29, 1.82) is 0 Å². The van der Waals surface area contributed by atoms with E-state index in [4.69, 9.17) is 27.9 Å². The Morgan fingerprint density at radius 1 is 1.08 bits per heavy atom. The quantitative estimate of drug-likeness (QED) is 0.0907. The number of benzene rings is 3. The van der Waals surface area contributed by atoms with Crippen molar-refractivity contribution < 1.29 is 36.3 Å². The van der Waals surface area contributed by atoms with Crippen LogP contribution in [0.4, 0.5) is 8.78 Å². The van der Waals surface area contributed by atoms with Gasteiger partial charge in [0, 0.05) is 40.4 Å². The van der Waals surface area contributed by atoms with E-state index in [1.54, 1.807) is 31.3 Å². The van der Waals surface area contributed by atoms with Gasteiger partial charge >= 0.3 is 5.97 Å². The zero-order valence-corrected chi connectivity index (χ0v) is 32.7. The van der Waals surface area contributed by atoms with Gasteiger partial charge in [-0.1, -0.05) is 61.8 Å². The van der Waals surface area contributed by atoms with Crippen LogP contribution in [0.1, 0.15) is 50.4 Å². The number of ether oxygens (including phenoxy) is 1. The van der Waals surface area contributed by atoms with E-state index in [-0.39, 0.29) is 29.3 Å². The van der Waals surface area contributed by atoms with Gasteiger partial charge in [-0.3, -0.25) is 9.36 Å². The van der Waals surface area contributed by atoms with E-state index in [1.165, 1.54) is 19.2 Å². The van der Waals surface area contributed by atoms with Crippen molar-refractivity contribution in [2.75, 3.05) is 41.3 Å². The SMILES string of the molecule is CCC(C(=O)O)N(CCC[N+](C)(C)C)S(=O)(=O)c1cc(F)c(CSc2ncc(C(C)(C)c3ccc(Cl)c(OC)c3)n2-c2ccc(F)cc2)c(Cl)c1. The van der Waals surface area contributed by atoms with Gasteiger partial charge < -0.3 is 14.3 Å². The van der Waals surface area contributed by atoms with E-state index in [0.717, 1.165) is 39.5 Å². The first kappa shape index (κ1) is 40.6. The molecule has 1 atom stereocenters. The van der Waals surface area contributed by atoms with Crippen LogP contribution in [-0.2, 0) is 26.0 Å². The Morgan fingerprint density at radius 2 is 1.75 bits per heavy atom. The lowest BCUT2D eigenvalue weighted by Gasteiger charge is -2.30. The lowest BCUT2D eigenvalue weighted by Crippen LogP contribution is -2.46. The Labute approximate surface area is 312 Å². The smallest absolute Gasteiger partial charge is 0.322 e. The third-order valence-electron chi connectivity index (χ3n) is 8.62. The first-order chi connectivity index (χ1) is 23.8. The van der Waals surface area contributed by atoms with Crippen LogP contribution in [0.15, 0.2) is 70.8 Å². The summed E-state index contributed by atoms with van der Waals surface area (Å²) in [6.45, 7) is 6.11. The van der Waals surface area contributed by atoms with Gasteiger partial charge in [-0.2, -0.15) is 4.31 Å². The molecule has 0 bridgehead atoms. The van der Waals surface area contributed by atoms with Crippen molar-refractivity contribution in [1.82, 2.24) is 13.9 Å². The topological polar surface area (TPSA) is 102 Å². The second-order valence-corrected chi connectivity index (χ2v) is 17.3. The van der Waals surface area contributed by atoms with Crippen LogP contribution in [0.3, 0.4) is 0 Å². The van der Waals surface area contributed by atoms with Gasteiger partial charge in [0.15, 0.2) is 5.16 Å². The number of hydrogen-bond donors (Lipinski definition) is 1. The summed E-state index contributed by atoms with van der Waals surface area (Å²) in [6, 6.07) is 12.1. The summed E-state index contributed by atoms with van der Waals surface area (Å²) in [5.74, 6) is -2.10. The van der Waals surface area contributed by atoms with E-state index >= 15 is 4.39 Å². The van der Waals surface area contributed by atoms with Gasteiger partial charge in [-0.15, -0.1) is 0 Å². The number of thioether (sulfide) groups is 1. The lowest BCUT2D eigenvalue weighted by molar-refractivity contribution is -0.870. The van der Waals surface area contributed by atoms with E-state index < -0.39 is 44.0 Å². The minimum absolute atomic E-state index is 0.0228. The molecule has 0 saturated carbocycles. The molecule has 1 unspecified atom stereocenters. The van der Waals surface area contributed by atoms with Crippen molar-refractivity contribution in [2.45, 2.75) is 60.9 Å². The molecule has 276 valence electrons. The van der Waals surface area contributed by atoms with Crippen molar-refractivity contribution in [2.24, 2.45) is 0 Å². The fraction of sp³-hybridized carbons (Fsp3) is 0.389. The molecule has 3 aromatic carbocycles. The van der Waals surface area contributed by atoms with Gasteiger partial charge in [0.05, 0.1) is 56.6 Å². The van der Waals surface area contributed by atoms with Crippen molar-refractivity contribution in [3.8, 4) is 11.4 Å². The summed E-state index contributed by atoms with van der Waals surface area (Å²) in [5, 5.41) is 10.6. The van der Waals surface area contributed by atoms with Crippen molar-refractivity contribution in [3.63, 3.8) is 0 Å². The monoisotopic (exact) mass is 783 g/mol. The molecule has 9 nitrogen and oxygen atoms in total. The maximum absolute atomic E-state index is 15.9. The van der Waals surface area contributed by atoms with Crippen LogP contribution < -0.4 is 4.74 Å². The number of aliphatic carboxylic acids is 1. The molecule has 0 radical (unpaired) electrons. The van der Waals surface area contributed by atoms with E-state index in [1.807, 2.05) is 51.7 Å². The number of hydrogen-bond acceptors (Lipinski definition) is 6. The number of rotatable bonds is 16. The van der Waals surface area contributed by atoms with E-state index in [9.17, 15) is 22.7 Å². The van der Waals surface area contributed by atoms with Crippen LogP contribution >= 0.6 is 35.0 Å². The molecular formula is C36H43Cl2F2N4O5S2+. The molecule has 0 saturated heterocycles. The van der Waals surface area contributed by atoms with Gasteiger partial charge in [-0.25, -0.2) is 22.2 Å². The number of sulfonamides is 1. The largest absolute Gasteiger partial charge is 0.495 e. The third-order valence-corrected chi connectivity index (χ3v) is 12.1. The maximum Gasteiger partial charge on any atom is 0.322 e. The minimum atomic E-state index is -4.45. The highest BCUT2D eigenvalue weighted by atomic mass is 35.5. The molecule has 0 aliphatic rings. The molecule has 0 spiro atoms. The zero-order valence-electron chi connectivity index (χ0n) is 29.6. The highest BCUT2D eigenvalue weighted by Crippen LogP contribution is 2.40. The van der Waals surface area contributed by atoms with Crippen LogP contribution in [0.5, 0.6) is 5.75 Å². The number of aromatic nitrogens is 2. The van der Waals surface area contributed by atoms with Crippen LogP contribution in [0.25, 0.3) is 5.69 Å². The number of carboxylic acid groups (broad SMARTS) is 1. The first-order valence-electron chi connectivity index (χ1n) is 16.2. The Bertz CT molecular complexity index is 1960. The minimum Gasteiger partial charge on any atom is -0.495 e. The molecule has 0 aliphatic carbocycles. The Kier molecular flexibility index (Phi) is 12.9. The van der Waals surface area contributed by atoms with Crippen LogP contribution in [-0.4, -0.2) is 85.2 Å². The normalized spacial score (nSPS) is 13.1. The number of nitrogens with zero attached hydrogens (tertiary/aromatic N) is 4. The van der Waals surface area contributed by atoms with Crippen LogP contribution in [0.2, 0.25) is 10.0 Å². The molecular weight excluding hydrogens is 741 g/mol. The summed E-state index contributed by atoms with van der Waals surface area (Å²) in [5.41, 5.74) is 1.60. The first-order valence-corrected chi connectivity index (χ1v) is 19.3. The highest BCUT2D eigenvalue weighted by Gasteiger charge is 2.36. The summed E-state index contributed by atoms with van der Waals surface area (Å²) in [6.07, 6.45) is 2.11. The summed E-state index contributed by atoms with van der Waals surface area (Å²) in [4.78, 5) is 16.3. The fourth-order valence-corrected chi connectivity index (χ4v) is 9.07. The standard InChI is InChI=1S/C36H42Cl2F2N4O5S2/c1-8-31(34(45)46)42(16-9-17-44(4,5)6)51(47,48)26-19-29(38)27(30(40)20-26)22-50-35-41-21-33(43(35)25-13-11-24(39)12-14-25)36(2,3)23-10-15-28(37)32(18-23)49-7/h10-15,18-21,31H,8-9,16-17,22H2,1-7H3/p+1. The molecule has 51 heavy (non-hydrogen) atoms. The fourth-order valence-electron chi connectivity index (χ4n) is 5.70. The van der Waals surface area contributed by atoms with Crippen LogP contribution in [0, 0.1) is 11.6 Å². The molecule has 0 aliphatic heterocycles. The average molecular weight is 785 g/mol. The summed E-state index contributed by atoms with van der Waals surface area (Å²) in [7, 11) is 2.93. The van der Waals surface area contributed by atoms with Crippen molar-refractivity contribution >= 4 is 51.0 Å². The number of carbonyl (C=O) groups is 1. The third kappa shape index (κ3) is 9.24. The number of quaternary nitrogens is 1. The van der Waals surface area contributed by atoms with Gasteiger partial charge in [0.2, 0.25) is 10.0 Å². The molecule has 15 heteroatoms.